The Morgan fingerprint density at radius 2 is 2.21 bits per heavy atom. The van der Waals surface area contributed by atoms with Gasteiger partial charge in [0, 0.05) is 0 Å². The van der Waals surface area contributed by atoms with Crippen molar-refractivity contribution in [3.63, 3.8) is 0 Å². The fraction of sp³-hybridized carbons (Fsp3) is 0.111. The number of rotatable bonds is 3. The lowest BCUT2D eigenvalue weighted by molar-refractivity contribution is 0.107. The molecule has 5 heteroatoms. The number of aldehydes is 1. The topological polar surface area (TPSA) is 43.4 Å². The molecular formula is C9H6ClFO3. The van der Waals surface area contributed by atoms with Crippen molar-refractivity contribution >= 4 is 23.1 Å². The first-order chi connectivity index (χ1) is 6.61. The Bertz CT molecular complexity index is 390. The smallest absolute Gasteiger partial charge is 0.255 e. The van der Waals surface area contributed by atoms with Gasteiger partial charge in [0.2, 0.25) is 0 Å². The number of carbonyl (C=O) groups is 2. The summed E-state index contributed by atoms with van der Waals surface area (Å²) in [6.45, 7) is 0. The van der Waals surface area contributed by atoms with Gasteiger partial charge < -0.3 is 4.74 Å². The number of halogens is 2. The molecule has 0 aromatic heterocycles. The standard InChI is InChI=1S/C9H6ClFO3/c1-14-8-5(4-12)2-3-6(7(8)11)9(10)13/h2-4H,1H3. The van der Waals surface area contributed by atoms with Gasteiger partial charge in [-0.3, -0.25) is 9.59 Å². The lowest BCUT2D eigenvalue weighted by atomic mass is 10.1. The molecule has 0 saturated carbocycles. The van der Waals surface area contributed by atoms with Gasteiger partial charge >= 0.3 is 0 Å². The summed E-state index contributed by atoms with van der Waals surface area (Å²) in [7, 11) is 1.20. The molecule has 0 aliphatic carbocycles. The molecular weight excluding hydrogens is 211 g/mol. The summed E-state index contributed by atoms with van der Waals surface area (Å²) >= 11 is 5.11. The van der Waals surface area contributed by atoms with Crippen molar-refractivity contribution in [1.82, 2.24) is 0 Å². The van der Waals surface area contributed by atoms with Gasteiger partial charge in [0.05, 0.1) is 18.2 Å². The number of hydrogen-bond acceptors (Lipinski definition) is 3. The van der Waals surface area contributed by atoms with Gasteiger partial charge in [-0.05, 0) is 23.7 Å². The van der Waals surface area contributed by atoms with Gasteiger partial charge in [-0.15, -0.1) is 0 Å². The molecule has 1 rings (SSSR count). The second-order valence-corrected chi connectivity index (χ2v) is 2.78. The highest BCUT2D eigenvalue weighted by Gasteiger charge is 2.17. The van der Waals surface area contributed by atoms with Crippen LogP contribution in [0.1, 0.15) is 20.7 Å². The van der Waals surface area contributed by atoms with Gasteiger partial charge in [-0.1, -0.05) is 0 Å². The Kier molecular flexibility index (Phi) is 3.19. The summed E-state index contributed by atoms with van der Waals surface area (Å²) < 4.78 is 18.0. The number of methoxy groups -OCH3 is 1. The molecule has 0 unspecified atom stereocenters. The molecule has 0 spiro atoms. The summed E-state index contributed by atoms with van der Waals surface area (Å²) in [5.41, 5.74) is -0.277. The van der Waals surface area contributed by atoms with Crippen LogP contribution in [-0.4, -0.2) is 18.6 Å². The Labute approximate surface area is 84.4 Å². The van der Waals surface area contributed by atoms with Gasteiger partial charge in [-0.2, -0.15) is 0 Å². The monoisotopic (exact) mass is 216 g/mol. The molecule has 1 aromatic carbocycles. The highest BCUT2D eigenvalue weighted by molar-refractivity contribution is 6.67. The summed E-state index contributed by atoms with van der Waals surface area (Å²) in [5, 5.41) is -0.932. The maximum atomic E-state index is 13.4. The Morgan fingerprint density at radius 1 is 1.57 bits per heavy atom. The fourth-order valence-corrected chi connectivity index (χ4v) is 1.17. The van der Waals surface area contributed by atoms with Crippen molar-refractivity contribution in [3.05, 3.63) is 29.1 Å². The Hall–Kier alpha value is -1.42. The maximum Gasteiger partial charge on any atom is 0.255 e. The minimum Gasteiger partial charge on any atom is -0.493 e. The van der Waals surface area contributed by atoms with Crippen molar-refractivity contribution in [2.24, 2.45) is 0 Å². The van der Waals surface area contributed by atoms with Crippen molar-refractivity contribution < 1.29 is 18.7 Å². The lowest BCUT2D eigenvalue weighted by Gasteiger charge is -2.06. The zero-order valence-electron chi connectivity index (χ0n) is 7.21. The van der Waals surface area contributed by atoms with Crippen LogP contribution in [0.5, 0.6) is 5.75 Å². The van der Waals surface area contributed by atoms with E-state index in [1.54, 1.807) is 0 Å². The number of hydrogen-bond donors (Lipinski definition) is 0. The number of carbonyl (C=O) groups excluding carboxylic acids is 2. The summed E-state index contributed by atoms with van der Waals surface area (Å²) in [4.78, 5) is 21.2. The molecule has 74 valence electrons. The molecule has 0 atom stereocenters. The van der Waals surface area contributed by atoms with Crippen molar-refractivity contribution in [2.75, 3.05) is 7.11 Å². The molecule has 0 fully saturated rings. The molecule has 0 saturated heterocycles. The molecule has 0 aliphatic heterocycles. The highest BCUT2D eigenvalue weighted by atomic mass is 35.5. The summed E-state index contributed by atoms with van der Waals surface area (Å²) in [5.74, 6) is -1.19. The molecule has 0 heterocycles. The lowest BCUT2D eigenvalue weighted by Crippen LogP contribution is -2.01. The SMILES string of the molecule is COc1c(C=O)ccc(C(=O)Cl)c1F. The molecule has 3 nitrogen and oxygen atoms in total. The van der Waals surface area contributed by atoms with Crippen molar-refractivity contribution in [1.29, 1.82) is 0 Å². The van der Waals surface area contributed by atoms with E-state index in [0.29, 0.717) is 6.29 Å². The van der Waals surface area contributed by atoms with Crippen LogP contribution in [0.2, 0.25) is 0 Å². The van der Waals surface area contributed by atoms with E-state index in [0.717, 1.165) is 6.07 Å². The quantitative estimate of drug-likeness (QED) is 0.574. The van der Waals surface area contributed by atoms with E-state index in [9.17, 15) is 14.0 Å². The highest BCUT2D eigenvalue weighted by Crippen LogP contribution is 2.25. The number of benzene rings is 1. The van der Waals surface area contributed by atoms with Crippen molar-refractivity contribution in [3.8, 4) is 5.75 Å². The van der Waals surface area contributed by atoms with E-state index in [1.807, 2.05) is 0 Å². The Balaban J connectivity index is 3.42. The second kappa shape index (κ2) is 4.19. The largest absolute Gasteiger partial charge is 0.493 e. The average Bonchev–Trinajstić information content (AvgIpc) is 2.16. The predicted molar refractivity (Wildman–Crippen MR) is 48.5 cm³/mol. The third kappa shape index (κ3) is 1.75. The predicted octanol–water partition coefficient (Wildman–Crippen LogP) is 2.03. The van der Waals surface area contributed by atoms with Gasteiger partial charge in [0.15, 0.2) is 17.9 Å². The zero-order valence-corrected chi connectivity index (χ0v) is 7.97. The van der Waals surface area contributed by atoms with Crippen LogP contribution in [0.4, 0.5) is 4.39 Å². The summed E-state index contributed by atoms with van der Waals surface area (Å²) in [6.07, 6.45) is 0.435. The zero-order chi connectivity index (χ0) is 10.7. The second-order valence-electron chi connectivity index (χ2n) is 2.44. The minimum absolute atomic E-state index is 0.0340. The molecule has 0 radical (unpaired) electrons. The van der Waals surface area contributed by atoms with E-state index < -0.39 is 11.1 Å². The van der Waals surface area contributed by atoms with E-state index >= 15 is 0 Å². The van der Waals surface area contributed by atoms with Gasteiger partial charge in [0.25, 0.3) is 5.24 Å². The molecule has 0 amide bonds. The van der Waals surface area contributed by atoms with E-state index in [4.69, 9.17) is 11.6 Å². The maximum absolute atomic E-state index is 13.4. The van der Waals surface area contributed by atoms with Crippen LogP contribution in [0, 0.1) is 5.82 Å². The van der Waals surface area contributed by atoms with Crippen LogP contribution >= 0.6 is 11.6 Å². The Morgan fingerprint density at radius 3 is 2.64 bits per heavy atom. The van der Waals surface area contributed by atoms with Crippen LogP contribution in [0.15, 0.2) is 12.1 Å². The summed E-state index contributed by atoms with van der Waals surface area (Å²) in [6, 6.07) is 2.40. The molecule has 0 N–H and O–H groups in total. The van der Waals surface area contributed by atoms with E-state index in [2.05, 4.69) is 4.74 Å². The van der Waals surface area contributed by atoms with Crippen LogP contribution in [-0.2, 0) is 0 Å². The van der Waals surface area contributed by atoms with E-state index in [-0.39, 0.29) is 16.9 Å². The molecule has 0 bridgehead atoms. The third-order valence-electron chi connectivity index (χ3n) is 1.67. The van der Waals surface area contributed by atoms with Crippen LogP contribution < -0.4 is 4.74 Å². The normalized spacial score (nSPS) is 9.64. The fourth-order valence-electron chi connectivity index (χ4n) is 1.02. The minimum atomic E-state index is -0.932. The third-order valence-corrected chi connectivity index (χ3v) is 1.87. The average molecular weight is 217 g/mol. The van der Waals surface area contributed by atoms with Crippen LogP contribution in [0.3, 0.4) is 0 Å². The molecule has 0 aliphatic rings. The first-order valence-corrected chi connectivity index (χ1v) is 4.01. The van der Waals surface area contributed by atoms with E-state index in [1.165, 1.54) is 13.2 Å². The van der Waals surface area contributed by atoms with Crippen LogP contribution in [0.25, 0.3) is 0 Å². The first kappa shape index (κ1) is 10.7. The van der Waals surface area contributed by atoms with Gasteiger partial charge in [0.1, 0.15) is 0 Å². The molecule has 14 heavy (non-hydrogen) atoms. The first-order valence-electron chi connectivity index (χ1n) is 3.63. The van der Waals surface area contributed by atoms with Crippen molar-refractivity contribution in [2.45, 2.75) is 0 Å². The molecule has 1 aromatic rings. The number of ether oxygens (including phenoxy) is 1. The van der Waals surface area contributed by atoms with Gasteiger partial charge in [-0.25, -0.2) is 4.39 Å².